The third-order valence-corrected chi connectivity index (χ3v) is 4.82. The van der Waals surface area contributed by atoms with Gasteiger partial charge in [-0.3, -0.25) is 5.10 Å². The molecule has 1 heterocycles. The molecule has 2 heteroatoms. The molecular weight excluding hydrogens is 160 g/mol. The van der Waals surface area contributed by atoms with E-state index in [2.05, 4.69) is 31.0 Å². The van der Waals surface area contributed by atoms with Gasteiger partial charge in [0.2, 0.25) is 0 Å². The number of rotatable bonds is 0. The van der Waals surface area contributed by atoms with Gasteiger partial charge in [-0.1, -0.05) is 20.8 Å². The van der Waals surface area contributed by atoms with Crippen LogP contribution < -0.4 is 0 Å². The fraction of sp³-hybridized carbons (Fsp3) is 0.727. The predicted octanol–water partition coefficient (Wildman–Crippen LogP) is 2.58. The van der Waals surface area contributed by atoms with Crippen LogP contribution in [-0.2, 0) is 5.41 Å². The maximum atomic E-state index is 4.17. The molecule has 0 unspecified atom stereocenters. The van der Waals surface area contributed by atoms with Crippen molar-refractivity contribution in [2.45, 2.75) is 44.9 Å². The minimum atomic E-state index is 0.351. The largest absolute Gasteiger partial charge is 0.282 e. The number of fused-ring (bicyclic) bond motifs is 5. The number of H-pyrrole nitrogens is 1. The van der Waals surface area contributed by atoms with Crippen LogP contribution in [0.3, 0.4) is 0 Å². The third kappa shape index (κ3) is 0.588. The molecule has 1 aromatic rings. The molecule has 3 rings (SSSR count). The van der Waals surface area contributed by atoms with Crippen LogP contribution in [0.4, 0.5) is 0 Å². The molecule has 70 valence electrons. The molecule has 2 nitrogen and oxygen atoms in total. The zero-order chi connectivity index (χ0) is 9.27. The average Bonchev–Trinajstić information content (AvgIpc) is 2.63. The van der Waals surface area contributed by atoms with Crippen molar-refractivity contribution in [1.82, 2.24) is 10.2 Å². The molecule has 2 aliphatic carbocycles. The van der Waals surface area contributed by atoms with Gasteiger partial charge in [-0.2, -0.15) is 5.10 Å². The van der Waals surface area contributed by atoms with Gasteiger partial charge in [0.1, 0.15) is 0 Å². The number of nitrogens with zero attached hydrogens (tertiary/aromatic N) is 1. The van der Waals surface area contributed by atoms with Crippen molar-refractivity contribution in [1.29, 1.82) is 0 Å². The molecule has 2 bridgehead atoms. The highest BCUT2D eigenvalue weighted by molar-refractivity contribution is 5.43. The lowest BCUT2D eigenvalue weighted by Gasteiger charge is -2.34. The summed E-state index contributed by atoms with van der Waals surface area (Å²) in [6.07, 6.45) is 4.70. The lowest BCUT2D eigenvalue weighted by molar-refractivity contribution is 0.225. The predicted molar refractivity (Wildman–Crippen MR) is 51.7 cm³/mol. The molecule has 0 saturated heterocycles. The smallest absolute Gasteiger partial charge is 0.0525 e. The van der Waals surface area contributed by atoms with Crippen LogP contribution in [0.5, 0.6) is 0 Å². The second-order valence-corrected chi connectivity index (χ2v) is 5.35. The van der Waals surface area contributed by atoms with E-state index in [1.54, 1.807) is 0 Å². The highest BCUT2D eigenvalue weighted by Crippen LogP contribution is 2.66. The Kier molecular flexibility index (Phi) is 1.07. The zero-order valence-corrected chi connectivity index (χ0v) is 8.52. The maximum Gasteiger partial charge on any atom is 0.0525 e. The van der Waals surface area contributed by atoms with Gasteiger partial charge in [-0.25, -0.2) is 0 Å². The molecule has 0 radical (unpaired) electrons. The quantitative estimate of drug-likeness (QED) is 0.646. The third-order valence-electron chi connectivity index (χ3n) is 4.82. The van der Waals surface area contributed by atoms with Crippen LogP contribution in [0, 0.1) is 5.41 Å². The van der Waals surface area contributed by atoms with Gasteiger partial charge in [-0.05, 0) is 29.7 Å². The molecule has 0 spiro atoms. The molecule has 0 aromatic carbocycles. The van der Waals surface area contributed by atoms with Crippen molar-refractivity contribution in [2.75, 3.05) is 0 Å². The van der Waals surface area contributed by atoms with Crippen LogP contribution in [0.2, 0.25) is 0 Å². The molecule has 0 aliphatic heterocycles. The van der Waals surface area contributed by atoms with E-state index in [4.69, 9.17) is 0 Å². The highest BCUT2D eigenvalue weighted by Gasteiger charge is 2.60. The van der Waals surface area contributed by atoms with E-state index in [9.17, 15) is 0 Å². The van der Waals surface area contributed by atoms with Gasteiger partial charge in [0.15, 0.2) is 0 Å². The van der Waals surface area contributed by atoms with E-state index >= 15 is 0 Å². The number of aromatic nitrogens is 2. The minimum absolute atomic E-state index is 0.351. The lowest BCUT2D eigenvalue weighted by Crippen LogP contribution is -2.31. The molecule has 1 N–H and O–H groups in total. The highest BCUT2D eigenvalue weighted by atomic mass is 15.1. The normalized spacial score (nSPS) is 39.5. The van der Waals surface area contributed by atoms with Crippen LogP contribution >= 0.6 is 0 Å². The molecule has 0 amide bonds. The van der Waals surface area contributed by atoms with Gasteiger partial charge < -0.3 is 0 Å². The lowest BCUT2D eigenvalue weighted by atomic mass is 9.70. The first-order valence-corrected chi connectivity index (χ1v) is 5.11. The summed E-state index contributed by atoms with van der Waals surface area (Å²) in [5.41, 5.74) is 3.67. The molecule has 1 saturated carbocycles. The second-order valence-electron chi connectivity index (χ2n) is 5.35. The first-order chi connectivity index (χ1) is 6.07. The van der Waals surface area contributed by atoms with Crippen molar-refractivity contribution < 1.29 is 0 Å². The number of nitrogens with one attached hydrogen (secondary N) is 1. The summed E-state index contributed by atoms with van der Waals surface area (Å²) >= 11 is 0. The molecule has 2 aliphatic rings. The molecule has 2 atom stereocenters. The van der Waals surface area contributed by atoms with Gasteiger partial charge in [0.25, 0.3) is 0 Å². The summed E-state index contributed by atoms with van der Waals surface area (Å²) in [6, 6.07) is 0. The summed E-state index contributed by atoms with van der Waals surface area (Å²) in [6.45, 7) is 7.19. The standard InChI is InChI=1S/C11H16N2/c1-10(2)8-4-5-11(10,3)9-7(8)6-12-13-9/h6,8H,4-5H2,1-3H3,(H,12,13)/t8-,11+/m0/s1. The Balaban J connectivity index is 2.30. The summed E-state index contributed by atoms with van der Waals surface area (Å²) in [5.74, 6) is 0.742. The molecular formula is C11H16N2. The Morgan fingerprint density at radius 1 is 1.46 bits per heavy atom. The minimum Gasteiger partial charge on any atom is -0.282 e. The van der Waals surface area contributed by atoms with Crippen molar-refractivity contribution >= 4 is 0 Å². The topological polar surface area (TPSA) is 28.7 Å². The average molecular weight is 176 g/mol. The van der Waals surface area contributed by atoms with E-state index in [0.717, 1.165) is 5.92 Å². The maximum absolute atomic E-state index is 4.17. The first-order valence-electron chi connectivity index (χ1n) is 5.11. The van der Waals surface area contributed by atoms with E-state index in [0.29, 0.717) is 10.8 Å². The Labute approximate surface area is 78.7 Å². The second kappa shape index (κ2) is 1.84. The summed E-state index contributed by atoms with van der Waals surface area (Å²) in [5, 5.41) is 7.37. The van der Waals surface area contributed by atoms with E-state index in [1.165, 1.54) is 24.1 Å². The van der Waals surface area contributed by atoms with Crippen molar-refractivity contribution in [2.24, 2.45) is 5.41 Å². The van der Waals surface area contributed by atoms with Gasteiger partial charge in [-0.15, -0.1) is 0 Å². The summed E-state index contributed by atoms with van der Waals surface area (Å²) in [7, 11) is 0. The van der Waals surface area contributed by atoms with E-state index in [-0.39, 0.29) is 0 Å². The van der Waals surface area contributed by atoms with Gasteiger partial charge in [0, 0.05) is 11.1 Å². The molecule has 13 heavy (non-hydrogen) atoms. The van der Waals surface area contributed by atoms with Crippen LogP contribution in [-0.4, -0.2) is 10.2 Å². The van der Waals surface area contributed by atoms with Gasteiger partial charge in [0.05, 0.1) is 6.20 Å². The van der Waals surface area contributed by atoms with Crippen molar-refractivity contribution in [3.63, 3.8) is 0 Å². The molecule has 1 fully saturated rings. The number of aromatic amines is 1. The summed E-state index contributed by atoms with van der Waals surface area (Å²) in [4.78, 5) is 0. The van der Waals surface area contributed by atoms with Crippen LogP contribution in [0.25, 0.3) is 0 Å². The monoisotopic (exact) mass is 176 g/mol. The van der Waals surface area contributed by atoms with Crippen LogP contribution in [0.15, 0.2) is 6.20 Å². The molecule has 1 aromatic heterocycles. The SMILES string of the molecule is CC1(C)[C@H]2CC[C@]1(C)c1[nH]ncc12. The van der Waals surface area contributed by atoms with Gasteiger partial charge >= 0.3 is 0 Å². The van der Waals surface area contributed by atoms with E-state index < -0.39 is 0 Å². The number of hydrogen-bond acceptors (Lipinski definition) is 1. The summed E-state index contributed by atoms with van der Waals surface area (Å²) < 4.78 is 0. The Bertz CT molecular complexity index is 364. The van der Waals surface area contributed by atoms with E-state index in [1.807, 2.05) is 6.20 Å². The number of hydrogen-bond donors (Lipinski definition) is 1. The van der Waals surface area contributed by atoms with Crippen molar-refractivity contribution in [3.8, 4) is 0 Å². The first kappa shape index (κ1) is 7.60. The Morgan fingerprint density at radius 2 is 2.23 bits per heavy atom. The van der Waals surface area contributed by atoms with Crippen LogP contribution in [0.1, 0.15) is 50.8 Å². The Morgan fingerprint density at radius 3 is 2.92 bits per heavy atom. The van der Waals surface area contributed by atoms with Crippen molar-refractivity contribution in [3.05, 3.63) is 17.5 Å². The zero-order valence-electron chi connectivity index (χ0n) is 8.52. The Hall–Kier alpha value is -0.790. The fourth-order valence-corrected chi connectivity index (χ4v) is 3.49. The fourth-order valence-electron chi connectivity index (χ4n) is 3.49.